The highest BCUT2D eigenvalue weighted by atomic mass is 16.6. The third-order valence-electron chi connectivity index (χ3n) is 6.87. The summed E-state index contributed by atoms with van der Waals surface area (Å²) >= 11 is 0. The Balaban J connectivity index is 1.43. The summed E-state index contributed by atoms with van der Waals surface area (Å²) in [7, 11) is 0. The summed E-state index contributed by atoms with van der Waals surface area (Å²) in [5.74, 6) is -0.337. The number of hydrogen-bond acceptors (Lipinski definition) is 6. The minimum absolute atomic E-state index is 0.0525. The molecule has 2 fully saturated rings. The highest BCUT2D eigenvalue weighted by Crippen LogP contribution is 2.40. The molecule has 0 aromatic heterocycles. The Kier molecular flexibility index (Phi) is 8.64. The summed E-state index contributed by atoms with van der Waals surface area (Å²) in [5.41, 5.74) is 3.16. The molecule has 0 amide bonds. The van der Waals surface area contributed by atoms with Crippen molar-refractivity contribution in [2.45, 2.75) is 76.2 Å². The topological polar surface area (TPSA) is 66.5 Å². The zero-order valence-electron chi connectivity index (χ0n) is 21.1. The molecule has 6 nitrogen and oxygen atoms in total. The van der Waals surface area contributed by atoms with Gasteiger partial charge in [-0.25, -0.2) is 0 Å². The zero-order chi connectivity index (χ0) is 25.5. The molecule has 0 bridgehead atoms. The predicted molar refractivity (Wildman–Crippen MR) is 139 cm³/mol. The van der Waals surface area contributed by atoms with Crippen LogP contribution in [0.5, 0.6) is 0 Å². The van der Waals surface area contributed by atoms with Gasteiger partial charge in [0, 0.05) is 6.92 Å². The molecule has 5 rings (SSSR count). The van der Waals surface area contributed by atoms with Gasteiger partial charge in [-0.2, -0.15) is 0 Å². The van der Waals surface area contributed by atoms with E-state index in [9.17, 15) is 4.79 Å². The van der Waals surface area contributed by atoms with Crippen LogP contribution in [0.2, 0.25) is 0 Å². The van der Waals surface area contributed by atoms with Gasteiger partial charge in [-0.3, -0.25) is 4.79 Å². The molecule has 3 aromatic carbocycles. The molecule has 1 aliphatic heterocycles. The average molecular weight is 503 g/mol. The number of benzene rings is 3. The lowest BCUT2D eigenvalue weighted by Crippen LogP contribution is -2.53. The molecule has 0 spiro atoms. The maximum atomic E-state index is 12.1. The van der Waals surface area contributed by atoms with Crippen molar-refractivity contribution in [3.63, 3.8) is 0 Å². The molecule has 2 aliphatic rings. The summed E-state index contributed by atoms with van der Waals surface area (Å²) in [5, 5.41) is 0. The van der Waals surface area contributed by atoms with Crippen molar-refractivity contribution < 1.29 is 28.5 Å². The monoisotopic (exact) mass is 502 g/mol. The quantitative estimate of drug-likeness (QED) is 0.279. The molecule has 37 heavy (non-hydrogen) atoms. The lowest BCUT2D eigenvalue weighted by Gasteiger charge is -2.38. The van der Waals surface area contributed by atoms with Crippen LogP contribution in [0.4, 0.5) is 0 Å². The Morgan fingerprint density at radius 1 is 0.676 bits per heavy atom. The van der Waals surface area contributed by atoms with Crippen molar-refractivity contribution >= 4 is 5.97 Å². The van der Waals surface area contributed by atoms with Gasteiger partial charge in [0.2, 0.25) is 0 Å². The van der Waals surface area contributed by atoms with Gasteiger partial charge in [0.05, 0.1) is 25.9 Å². The molecule has 1 saturated carbocycles. The van der Waals surface area contributed by atoms with Crippen molar-refractivity contribution in [2.75, 3.05) is 0 Å². The number of ether oxygens (including phenoxy) is 5. The van der Waals surface area contributed by atoms with Crippen LogP contribution in [0, 0.1) is 0 Å². The second-order valence-electron chi connectivity index (χ2n) is 9.65. The Bertz CT molecular complexity index is 1110. The van der Waals surface area contributed by atoms with Gasteiger partial charge in [-0.15, -0.1) is 0 Å². The van der Waals surface area contributed by atoms with E-state index in [2.05, 4.69) is 0 Å². The molecule has 0 radical (unpaired) electrons. The highest BCUT2D eigenvalue weighted by molar-refractivity contribution is 5.66. The summed E-state index contributed by atoms with van der Waals surface area (Å²) < 4.78 is 31.6. The van der Waals surface area contributed by atoms with Crippen LogP contribution >= 0.6 is 0 Å². The van der Waals surface area contributed by atoms with Crippen molar-refractivity contribution in [1.82, 2.24) is 0 Å². The van der Waals surface area contributed by atoms with Gasteiger partial charge in [0.25, 0.3) is 0 Å². The van der Waals surface area contributed by atoms with Crippen LogP contribution in [0.15, 0.2) is 91.0 Å². The first-order valence-electron chi connectivity index (χ1n) is 13.0. The molecule has 6 heteroatoms. The first-order valence-corrected chi connectivity index (χ1v) is 13.0. The van der Waals surface area contributed by atoms with Crippen molar-refractivity contribution in [1.29, 1.82) is 0 Å². The van der Waals surface area contributed by atoms with Gasteiger partial charge in [-0.1, -0.05) is 91.0 Å². The van der Waals surface area contributed by atoms with E-state index in [0.717, 1.165) is 23.1 Å². The van der Waals surface area contributed by atoms with E-state index in [-0.39, 0.29) is 24.3 Å². The fraction of sp³-hybridized carbons (Fsp3) is 0.387. The third kappa shape index (κ3) is 7.05. The van der Waals surface area contributed by atoms with Crippen LogP contribution in [0.1, 0.15) is 36.5 Å². The summed E-state index contributed by atoms with van der Waals surface area (Å²) in [6.07, 6.45) is -0.530. The van der Waals surface area contributed by atoms with Gasteiger partial charge >= 0.3 is 5.97 Å². The zero-order valence-corrected chi connectivity index (χ0v) is 21.1. The summed E-state index contributed by atoms with van der Waals surface area (Å²) in [6, 6.07) is 30.1. The number of esters is 1. The molecule has 6 atom stereocenters. The lowest BCUT2D eigenvalue weighted by molar-refractivity contribution is -0.197. The molecular weight excluding hydrogens is 468 g/mol. The van der Waals surface area contributed by atoms with Crippen molar-refractivity contribution in [2.24, 2.45) is 0 Å². The number of fused-ring (bicyclic) bond motifs is 1. The minimum atomic E-state index is -0.529. The molecule has 1 aliphatic carbocycles. The number of carbonyl (C=O) groups excluding carboxylic acids is 1. The smallest absolute Gasteiger partial charge is 0.302 e. The van der Waals surface area contributed by atoms with E-state index in [1.807, 2.05) is 91.0 Å². The molecule has 1 heterocycles. The van der Waals surface area contributed by atoms with Gasteiger partial charge in [-0.05, 0) is 29.5 Å². The number of hydrogen-bond donors (Lipinski definition) is 0. The fourth-order valence-electron chi connectivity index (χ4n) is 4.98. The van der Waals surface area contributed by atoms with Crippen LogP contribution in [0.25, 0.3) is 0 Å². The average Bonchev–Trinajstić information content (AvgIpc) is 3.69. The maximum absolute atomic E-state index is 12.1. The van der Waals surface area contributed by atoms with Crippen LogP contribution in [-0.4, -0.2) is 42.6 Å². The normalized spacial score (nSPS) is 26.9. The molecular formula is C31H34O6. The standard InChI is InChI=1S/C31H34O6/c1-22(32)36-26-17-18-27-29(37-27)31(35-21-25-15-9-4-10-16-25)30(34-20-24-13-7-3-8-14-24)28(26)33-19-23-11-5-2-6-12-23/h2-16,26-31H,17-21H2,1H3/t26-,27+,28+,29+,30-,31-/m0/s1. The highest BCUT2D eigenvalue weighted by Gasteiger charge is 2.54. The SMILES string of the molecule is CC(=O)O[C@H]1CC[C@H]2O[C@H]2[C@H](OCc2ccccc2)[C@@H](OCc2ccccc2)[C@@H]1OCc1ccccc1. The molecule has 1 saturated heterocycles. The van der Waals surface area contributed by atoms with Crippen LogP contribution < -0.4 is 0 Å². The van der Waals surface area contributed by atoms with Gasteiger partial charge < -0.3 is 23.7 Å². The molecule has 3 aromatic rings. The Labute approximate surface area is 218 Å². The Morgan fingerprint density at radius 2 is 1.14 bits per heavy atom. The fourth-order valence-corrected chi connectivity index (χ4v) is 4.98. The van der Waals surface area contributed by atoms with Crippen LogP contribution in [0.3, 0.4) is 0 Å². The summed E-state index contributed by atoms with van der Waals surface area (Å²) in [6.45, 7) is 2.61. The van der Waals surface area contributed by atoms with E-state index >= 15 is 0 Å². The van der Waals surface area contributed by atoms with E-state index in [1.165, 1.54) is 6.92 Å². The first kappa shape index (κ1) is 25.6. The molecule has 0 N–H and O–H groups in total. The Hall–Kier alpha value is -3.03. The number of epoxide rings is 1. The molecule has 194 valence electrons. The van der Waals surface area contributed by atoms with Gasteiger partial charge in [0.1, 0.15) is 30.5 Å². The van der Waals surface area contributed by atoms with E-state index in [4.69, 9.17) is 23.7 Å². The largest absolute Gasteiger partial charge is 0.460 e. The van der Waals surface area contributed by atoms with Crippen LogP contribution in [-0.2, 0) is 48.3 Å². The maximum Gasteiger partial charge on any atom is 0.302 e. The van der Waals surface area contributed by atoms with Crippen molar-refractivity contribution in [3.8, 4) is 0 Å². The summed E-state index contributed by atoms with van der Waals surface area (Å²) in [4.78, 5) is 12.1. The van der Waals surface area contributed by atoms with E-state index in [1.54, 1.807) is 0 Å². The lowest BCUT2D eigenvalue weighted by atomic mass is 9.91. The second-order valence-corrected chi connectivity index (χ2v) is 9.65. The number of carbonyl (C=O) groups is 1. The van der Waals surface area contributed by atoms with E-state index in [0.29, 0.717) is 26.2 Å². The predicted octanol–water partition coefficient (Wildman–Crippen LogP) is 5.24. The minimum Gasteiger partial charge on any atom is -0.460 e. The van der Waals surface area contributed by atoms with E-state index < -0.39 is 18.3 Å². The molecule has 0 unspecified atom stereocenters. The van der Waals surface area contributed by atoms with Gasteiger partial charge in [0.15, 0.2) is 0 Å². The number of rotatable bonds is 10. The Morgan fingerprint density at radius 3 is 1.62 bits per heavy atom. The second kappa shape index (κ2) is 12.5. The third-order valence-corrected chi connectivity index (χ3v) is 6.87. The van der Waals surface area contributed by atoms with Crippen molar-refractivity contribution in [3.05, 3.63) is 108 Å². The first-order chi connectivity index (χ1) is 18.2.